The summed E-state index contributed by atoms with van der Waals surface area (Å²) >= 11 is 0. The number of β-amino-alcohol motifs (C(OH)–C–C–N with tert-alkyl or cyclic N) is 1. The van der Waals surface area contributed by atoms with Gasteiger partial charge in [-0.2, -0.15) is 4.98 Å². The minimum Gasteiger partial charge on any atom is -0.390 e. The molecule has 10 nitrogen and oxygen atoms in total. The Balaban J connectivity index is 1.08. The predicted molar refractivity (Wildman–Crippen MR) is 168 cm³/mol. The van der Waals surface area contributed by atoms with Crippen LogP contribution in [0.2, 0.25) is 0 Å². The Morgan fingerprint density at radius 3 is 2.11 bits per heavy atom. The first-order valence-electron chi connectivity index (χ1n) is 15.9. The summed E-state index contributed by atoms with van der Waals surface area (Å²) in [7, 11) is 0. The fraction of sp³-hybridized carbons (Fsp3) is 0.471. The van der Waals surface area contributed by atoms with Crippen LogP contribution in [0.15, 0.2) is 54.6 Å². The van der Waals surface area contributed by atoms with Crippen molar-refractivity contribution >= 4 is 23.6 Å². The second kappa shape index (κ2) is 12.2. The largest absolute Gasteiger partial charge is 0.390 e. The number of nitrogens with one attached hydrogen (secondary N) is 1. The average molecular weight is 596 g/mol. The lowest BCUT2D eigenvalue weighted by atomic mass is 9.94. The molecule has 3 aromatic rings. The molecule has 4 aliphatic rings. The maximum Gasteiger partial charge on any atom is 0.272 e. The monoisotopic (exact) mass is 595 g/mol. The molecular formula is C34H41N7O3. The Morgan fingerprint density at radius 1 is 0.818 bits per heavy atom. The van der Waals surface area contributed by atoms with Crippen molar-refractivity contribution in [2.24, 2.45) is 0 Å². The van der Waals surface area contributed by atoms with E-state index in [4.69, 9.17) is 9.97 Å². The Labute approximate surface area is 258 Å². The van der Waals surface area contributed by atoms with E-state index >= 15 is 0 Å². The number of likely N-dealkylation sites (tertiary alicyclic amines) is 2. The number of piperidine rings is 2. The molecule has 0 unspecified atom stereocenters. The van der Waals surface area contributed by atoms with Crippen molar-refractivity contribution in [3.05, 3.63) is 82.5 Å². The van der Waals surface area contributed by atoms with Crippen LogP contribution in [-0.2, 0) is 30.8 Å². The fourth-order valence-electron chi connectivity index (χ4n) is 7.27. The number of carbonyl (C=O) groups is 2. The van der Waals surface area contributed by atoms with Crippen molar-refractivity contribution in [3.8, 4) is 0 Å². The lowest BCUT2D eigenvalue weighted by Gasteiger charge is -2.43. The molecule has 0 aliphatic carbocycles. The van der Waals surface area contributed by atoms with Crippen LogP contribution in [0.1, 0.15) is 58.9 Å². The summed E-state index contributed by atoms with van der Waals surface area (Å²) in [4.78, 5) is 43.6. The highest BCUT2D eigenvalue weighted by Gasteiger charge is 2.36. The summed E-state index contributed by atoms with van der Waals surface area (Å²) in [6, 6.07) is 18.8. The van der Waals surface area contributed by atoms with Gasteiger partial charge in [0.25, 0.3) is 5.91 Å². The van der Waals surface area contributed by atoms with Gasteiger partial charge in [0, 0.05) is 77.4 Å². The molecule has 230 valence electrons. The van der Waals surface area contributed by atoms with E-state index in [1.54, 1.807) is 17.9 Å². The van der Waals surface area contributed by atoms with Crippen LogP contribution in [0.3, 0.4) is 0 Å². The molecule has 0 saturated carbocycles. The molecule has 2 N–H and O–H groups in total. The number of carbonyl (C=O) groups excluding carboxylic acids is 2. The molecule has 5 heterocycles. The van der Waals surface area contributed by atoms with E-state index in [2.05, 4.69) is 51.5 Å². The number of rotatable bonds is 5. The highest BCUT2D eigenvalue weighted by Crippen LogP contribution is 2.29. The van der Waals surface area contributed by atoms with Gasteiger partial charge >= 0.3 is 0 Å². The van der Waals surface area contributed by atoms with E-state index in [-0.39, 0.29) is 30.4 Å². The number of anilines is 2. The van der Waals surface area contributed by atoms with Crippen molar-refractivity contribution in [1.82, 2.24) is 24.7 Å². The molecule has 2 fully saturated rings. The Hall–Kier alpha value is -4.02. The molecule has 4 aliphatic heterocycles. The zero-order valence-corrected chi connectivity index (χ0v) is 25.4. The van der Waals surface area contributed by atoms with Gasteiger partial charge in [-0.3, -0.25) is 14.5 Å². The normalized spacial score (nSPS) is 22.5. The zero-order chi connectivity index (χ0) is 30.2. The Bertz CT molecular complexity index is 1510. The van der Waals surface area contributed by atoms with Crippen molar-refractivity contribution in [3.63, 3.8) is 0 Å². The Kier molecular flexibility index (Phi) is 7.95. The molecule has 44 heavy (non-hydrogen) atoms. The van der Waals surface area contributed by atoms with Gasteiger partial charge in [0.1, 0.15) is 11.5 Å². The number of nitrogens with zero attached hydrogens (tertiary/aromatic N) is 6. The van der Waals surface area contributed by atoms with Crippen LogP contribution in [0.4, 0.5) is 11.8 Å². The molecule has 10 heteroatoms. The third-order valence-electron chi connectivity index (χ3n) is 9.81. The van der Waals surface area contributed by atoms with Crippen LogP contribution in [0, 0.1) is 0 Å². The number of amides is 2. The summed E-state index contributed by atoms with van der Waals surface area (Å²) in [5.41, 5.74) is 5.54. The molecule has 2 aromatic carbocycles. The van der Waals surface area contributed by atoms with Crippen LogP contribution in [-0.4, -0.2) is 92.5 Å². The van der Waals surface area contributed by atoms with Crippen molar-refractivity contribution < 1.29 is 14.7 Å². The maximum absolute atomic E-state index is 14.0. The zero-order valence-electron chi connectivity index (χ0n) is 25.4. The maximum atomic E-state index is 14.0. The third kappa shape index (κ3) is 5.88. The van der Waals surface area contributed by atoms with Crippen LogP contribution >= 0.6 is 0 Å². The van der Waals surface area contributed by atoms with Crippen molar-refractivity contribution in [2.75, 3.05) is 42.9 Å². The van der Waals surface area contributed by atoms with E-state index < -0.39 is 6.10 Å². The molecule has 0 radical (unpaired) electrons. The van der Waals surface area contributed by atoms with Gasteiger partial charge < -0.3 is 25.1 Å². The van der Waals surface area contributed by atoms with Gasteiger partial charge in [0.15, 0.2) is 0 Å². The van der Waals surface area contributed by atoms with E-state index in [9.17, 15) is 14.7 Å². The summed E-state index contributed by atoms with van der Waals surface area (Å²) in [6.07, 6.45) is 2.71. The topological polar surface area (TPSA) is 105 Å². The molecule has 0 bridgehead atoms. The SMILES string of the molecule is CC(=O)N1CCC(Nc2cc(C(=O)N3CC[C@@H](N4CCc5ccccc5C4)[C@H](O)C3)nc(N3Cc4ccccc4C3)n2)CC1. The summed E-state index contributed by atoms with van der Waals surface area (Å²) < 4.78 is 0. The Morgan fingerprint density at radius 2 is 1.45 bits per heavy atom. The van der Waals surface area contributed by atoms with Crippen molar-refractivity contribution in [1.29, 1.82) is 0 Å². The highest BCUT2D eigenvalue weighted by atomic mass is 16.3. The van der Waals surface area contributed by atoms with Gasteiger partial charge in [-0.05, 0) is 47.9 Å². The average Bonchev–Trinajstić information content (AvgIpc) is 3.49. The molecule has 2 saturated heterocycles. The van der Waals surface area contributed by atoms with Gasteiger partial charge in [-0.25, -0.2) is 4.98 Å². The summed E-state index contributed by atoms with van der Waals surface area (Å²) in [5, 5.41) is 14.8. The number of aliphatic hydroxyl groups excluding tert-OH is 1. The van der Waals surface area contributed by atoms with Gasteiger partial charge in [0.2, 0.25) is 11.9 Å². The predicted octanol–water partition coefficient (Wildman–Crippen LogP) is 3.05. The fourth-order valence-corrected chi connectivity index (χ4v) is 7.27. The lowest BCUT2D eigenvalue weighted by molar-refractivity contribution is -0.129. The minimum atomic E-state index is -0.628. The summed E-state index contributed by atoms with van der Waals surface area (Å²) in [5.74, 6) is 1.07. The smallest absolute Gasteiger partial charge is 0.272 e. The van der Waals surface area contributed by atoms with Gasteiger partial charge in [-0.15, -0.1) is 0 Å². The third-order valence-corrected chi connectivity index (χ3v) is 9.81. The number of hydrogen-bond donors (Lipinski definition) is 2. The van der Waals surface area contributed by atoms with E-state index in [0.29, 0.717) is 56.6 Å². The number of benzene rings is 2. The van der Waals surface area contributed by atoms with Crippen LogP contribution in [0.25, 0.3) is 0 Å². The number of aromatic nitrogens is 2. The quantitative estimate of drug-likeness (QED) is 0.464. The van der Waals surface area contributed by atoms with Crippen LogP contribution < -0.4 is 10.2 Å². The molecule has 7 rings (SSSR count). The second-order valence-electron chi connectivity index (χ2n) is 12.7. The first kappa shape index (κ1) is 28.7. The van der Waals surface area contributed by atoms with Gasteiger partial charge in [0.05, 0.1) is 6.10 Å². The molecular weight excluding hydrogens is 554 g/mol. The molecule has 2 amide bonds. The molecule has 2 atom stereocenters. The first-order chi connectivity index (χ1) is 21.4. The van der Waals surface area contributed by atoms with E-state index in [1.165, 1.54) is 22.3 Å². The number of fused-ring (bicyclic) bond motifs is 2. The highest BCUT2D eigenvalue weighted by molar-refractivity contribution is 5.93. The molecule has 0 spiro atoms. The standard InChI is InChI=1S/C34H41N7O3/c1-23(42)38-15-11-28(12-16-38)35-32-18-29(36-34(37-32)41-20-26-8-4-5-9-27(26)21-41)33(44)40-17-13-30(31(43)22-40)39-14-10-24-6-2-3-7-25(24)19-39/h2-9,18,28,30-31,43H,10-17,19-22H2,1H3,(H,35,36,37)/t30-,31-/m1/s1. The van der Waals surface area contributed by atoms with Crippen LogP contribution in [0.5, 0.6) is 0 Å². The lowest BCUT2D eigenvalue weighted by Crippen LogP contribution is -2.56. The summed E-state index contributed by atoms with van der Waals surface area (Å²) in [6.45, 7) is 6.99. The number of aliphatic hydroxyl groups is 1. The number of hydrogen-bond acceptors (Lipinski definition) is 8. The molecule has 1 aromatic heterocycles. The first-order valence-corrected chi connectivity index (χ1v) is 15.9. The minimum absolute atomic E-state index is 0.0227. The van der Waals surface area contributed by atoms with Gasteiger partial charge in [-0.1, -0.05) is 48.5 Å². The van der Waals surface area contributed by atoms with E-state index in [0.717, 1.165) is 32.4 Å². The second-order valence-corrected chi connectivity index (χ2v) is 12.7. The van der Waals surface area contributed by atoms with E-state index in [1.807, 2.05) is 17.0 Å². The van der Waals surface area contributed by atoms with Crippen molar-refractivity contribution in [2.45, 2.75) is 70.4 Å².